The molecule has 1 aromatic rings. The first-order valence-electron chi connectivity index (χ1n) is 6.31. The molecule has 0 heterocycles. The molecule has 2 atom stereocenters. The Morgan fingerprint density at radius 2 is 1.80 bits per heavy atom. The monoisotopic (exact) mass is 318 g/mol. The number of nitro benzene ring substituents is 1. The number of non-ortho nitro benzene ring substituents is 1. The van der Waals surface area contributed by atoms with Crippen LogP contribution in [0.4, 0.5) is 5.69 Å². The van der Waals surface area contributed by atoms with Gasteiger partial charge < -0.3 is 0 Å². The zero-order valence-electron chi connectivity index (χ0n) is 10.7. The minimum atomic E-state index is -3.69. The highest BCUT2D eigenvalue weighted by Gasteiger charge is 2.28. The van der Waals surface area contributed by atoms with Crippen LogP contribution in [0.3, 0.4) is 0 Å². The van der Waals surface area contributed by atoms with Gasteiger partial charge in [-0.3, -0.25) is 10.1 Å². The lowest BCUT2D eigenvalue weighted by atomic mass is 9.96. The van der Waals surface area contributed by atoms with Gasteiger partial charge in [0.1, 0.15) is 0 Å². The third-order valence-corrected chi connectivity index (χ3v) is 5.37. The van der Waals surface area contributed by atoms with Crippen LogP contribution in [-0.2, 0) is 10.0 Å². The van der Waals surface area contributed by atoms with Gasteiger partial charge >= 0.3 is 0 Å². The maximum Gasteiger partial charge on any atom is 0.269 e. The van der Waals surface area contributed by atoms with Crippen molar-refractivity contribution in [2.24, 2.45) is 0 Å². The number of hydrogen-bond acceptors (Lipinski definition) is 4. The Labute approximate surface area is 122 Å². The first kappa shape index (κ1) is 15.2. The molecule has 0 aliphatic heterocycles. The number of rotatable bonds is 4. The fourth-order valence-electron chi connectivity index (χ4n) is 2.23. The van der Waals surface area contributed by atoms with Crippen molar-refractivity contribution in [2.45, 2.75) is 42.0 Å². The van der Waals surface area contributed by atoms with Gasteiger partial charge in [0.25, 0.3) is 5.69 Å². The first-order chi connectivity index (χ1) is 9.40. The molecule has 1 aliphatic carbocycles. The summed E-state index contributed by atoms with van der Waals surface area (Å²) in [5, 5.41) is 10.3. The molecule has 0 spiro atoms. The van der Waals surface area contributed by atoms with E-state index in [9.17, 15) is 18.5 Å². The SMILES string of the molecule is O=[N+]([O-])c1ccc(S(=O)(=O)NC2CCCCC2Cl)cc1. The average molecular weight is 319 g/mol. The molecule has 0 bridgehead atoms. The molecule has 0 radical (unpaired) electrons. The van der Waals surface area contributed by atoms with Crippen molar-refractivity contribution in [1.82, 2.24) is 4.72 Å². The molecule has 110 valence electrons. The van der Waals surface area contributed by atoms with Gasteiger partial charge in [-0.15, -0.1) is 11.6 Å². The van der Waals surface area contributed by atoms with Crippen LogP contribution >= 0.6 is 11.6 Å². The number of benzene rings is 1. The van der Waals surface area contributed by atoms with Crippen LogP contribution < -0.4 is 4.72 Å². The molecular formula is C12H15ClN2O4S. The summed E-state index contributed by atoms with van der Waals surface area (Å²) < 4.78 is 27.0. The van der Waals surface area contributed by atoms with Crippen LogP contribution in [0.5, 0.6) is 0 Å². The van der Waals surface area contributed by atoms with Crippen LogP contribution in [0.25, 0.3) is 0 Å². The third kappa shape index (κ3) is 3.47. The number of halogens is 1. The topological polar surface area (TPSA) is 89.3 Å². The van der Waals surface area contributed by atoms with Gasteiger partial charge in [-0.1, -0.05) is 12.8 Å². The molecule has 1 saturated carbocycles. The number of hydrogen-bond donors (Lipinski definition) is 1. The van der Waals surface area contributed by atoms with Gasteiger partial charge in [-0.25, -0.2) is 13.1 Å². The van der Waals surface area contributed by atoms with Gasteiger partial charge in [-0.2, -0.15) is 0 Å². The maximum atomic E-state index is 12.2. The molecule has 6 nitrogen and oxygen atoms in total. The number of sulfonamides is 1. The summed E-state index contributed by atoms with van der Waals surface area (Å²) in [6.07, 6.45) is 3.44. The van der Waals surface area contributed by atoms with E-state index in [1.165, 1.54) is 24.3 Å². The fourth-order valence-corrected chi connectivity index (χ4v) is 3.96. The smallest absolute Gasteiger partial charge is 0.258 e. The van der Waals surface area contributed by atoms with E-state index in [4.69, 9.17) is 11.6 Å². The Kier molecular flexibility index (Phi) is 4.62. The van der Waals surface area contributed by atoms with Gasteiger partial charge in [0.05, 0.1) is 9.82 Å². The molecule has 0 amide bonds. The zero-order valence-corrected chi connectivity index (χ0v) is 12.2. The summed E-state index contributed by atoms with van der Waals surface area (Å²) in [6.45, 7) is 0. The molecule has 0 aromatic heterocycles. The Morgan fingerprint density at radius 3 is 2.35 bits per heavy atom. The molecule has 0 saturated heterocycles. The second kappa shape index (κ2) is 6.07. The summed E-state index contributed by atoms with van der Waals surface area (Å²) in [5.74, 6) is 0. The normalized spacial score (nSPS) is 23.4. The second-order valence-corrected chi connectivity index (χ2v) is 7.05. The molecule has 1 aliphatic rings. The summed E-state index contributed by atoms with van der Waals surface area (Å²) in [6, 6.07) is 4.52. The van der Waals surface area contributed by atoms with Crippen LogP contribution in [0.1, 0.15) is 25.7 Å². The van der Waals surface area contributed by atoms with Gasteiger partial charge in [0.15, 0.2) is 0 Å². The standard InChI is InChI=1S/C12H15ClN2O4S/c13-11-3-1-2-4-12(11)14-20(18,19)10-7-5-9(6-8-10)15(16)17/h5-8,11-12,14H,1-4H2. The third-order valence-electron chi connectivity index (χ3n) is 3.35. The Bertz CT molecular complexity index is 588. The number of nitro groups is 1. The molecule has 2 unspecified atom stereocenters. The molecule has 1 aromatic carbocycles. The van der Waals surface area contributed by atoms with Crippen LogP contribution in [-0.4, -0.2) is 24.8 Å². The molecule has 1 fully saturated rings. The van der Waals surface area contributed by atoms with Gasteiger partial charge in [0, 0.05) is 23.6 Å². The second-order valence-electron chi connectivity index (χ2n) is 4.78. The van der Waals surface area contributed by atoms with Crippen molar-refractivity contribution in [3.63, 3.8) is 0 Å². The van der Waals surface area contributed by atoms with E-state index in [1.807, 2.05) is 0 Å². The van der Waals surface area contributed by atoms with Crippen LogP contribution in [0, 0.1) is 10.1 Å². The lowest BCUT2D eigenvalue weighted by Crippen LogP contribution is -2.42. The van der Waals surface area contributed by atoms with E-state index >= 15 is 0 Å². The Morgan fingerprint density at radius 1 is 1.20 bits per heavy atom. The minimum absolute atomic E-state index is 0.0116. The predicted molar refractivity (Wildman–Crippen MR) is 75.3 cm³/mol. The lowest BCUT2D eigenvalue weighted by molar-refractivity contribution is -0.384. The van der Waals surface area contributed by atoms with Crippen molar-refractivity contribution in [1.29, 1.82) is 0 Å². The molecule has 2 rings (SSSR count). The van der Waals surface area contributed by atoms with Crippen LogP contribution in [0.2, 0.25) is 0 Å². The zero-order chi connectivity index (χ0) is 14.8. The van der Waals surface area contributed by atoms with E-state index in [2.05, 4.69) is 4.72 Å². The van der Waals surface area contributed by atoms with E-state index in [1.54, 1.807) is 0 Å². The van der Waals surface area contributed by atoms with Crippen molar-refractivity contribution >= 4 is 27.3 Å². The highest BCUT2D eigenvalue weighted by molar-refractivity contribution is 7.89. The molecular weight excluding hydrogens is 304 g/mol. The van der Waals surface area contributed by atoms with Crippen molar-refractivity contribution in [3.05, 3.63) is 34.4 Å². The van der Waals surface area contributed by atoms with E-state index in [0.29, 0.717) is 6.42 Å². The first-order valence-corrected chi connectivity index (χ1v) is 8.23. The average Bonchev–Trinajstić information content (AvgIpc) is 2.41. The van der Waals surface area contributed by atoms with Crippen molar-refractivity contribution in [2.75, 3.05) is 0 Å². The summed E-state index contributed by atoms with van der Waals surface area (Å²) in [7, 11) is -3.69. The fraction of sp³-hybridized carbons (Fsp3) is 0.500. The molecule has 20 heavy (non-hydrogen) atoms. The van der Waals surface area contributed by atoms with Gasteiger partial charge in [0.2, 0.25) is 10.0 Å². The Balaban J connectivity index is 2.15. The summed E-state index contributed by atoms with van der Waals surface area (Å²) in [4.78, 5) is 9.99. The lowest BCUT2D eigenvalue weighted by Gasteiger charge is -2.27. The highest BCUT2D eigenvalue weighted by atomic mass is 35.5. The number of alkyl halides is 1. The van der Waals surface area contributed by atoms with E-state index < -0.39 is 14.9 Å². The number of nitrogens with one attached hydrogen (secondary N) is 1. The number of nitrogens with zero attached hydrogens (tertiary/aromatic N) is 1. The largest absolute Gasteiger partial charge is 0.269 e. The van der Waals surface area contributed by atoms with Crippen molar-refractivity contribution in [3.8, 4) is 0 Å². The van der Waals surface area contributed by atoms with E-state index in [0.717, 1.165) is 19.3 Å². The molecule has 8 heteroatoms. The predicted octanol–water partition coefficient (Wildman–Crippen LogP) is 2.42. The Hall–Kier alpha value is -1.18. The van der Waals surface area contributed by atoms with Crippen molar-refractivity contribution < 1.29 is 13.3 Å². The molecule has 1 N–H and O–H groups in total. The maximum absolute atomic E-state index is 12.2. The highest BCUT2D eigenvalue weighted by Crippen LogP contribution is 2.25. The summed E-state index contributed by atoms with van der Waals surface area (Å²) >= 11 is 6.13. The summed E-state index contributed by atoms with van der Waals surface area (Å²) in [5.41, 5.74) is -0.142. The quantitative estimate of drug-likeness (QED) is 0.524. The van der Waals surface area contributed by atoms with Crippen LogP contribution in [0.15, 0.2) is 29.2 Å². The van der Waals surface area contributed by atoms with Gasteiger partial charge in [-0.05, 0) is 25.0 Å². The van der Waals surface area contributed by atoms with E-state index in [-0.39, 0.29) is 22.0 Å². The minimum Gasteiger partial charge on any atom is -0.258 e.